The molecular weight excluding hydrogens is 338 g/mol. The van der Waals surface area contributed by atoms with E-state index >= 15 is 0 Å². The first-order valence-electron chi connectivity index (χ1n) is 10.1. The van der Waals surface area contributed by atoms with E-state index in [9.17, 15) is 0 Å². The van der Waals surface area contributed by atoms with E-state index in [1.807, 2.05) is 30.3 Å². The Kier molecular flexibility index (Phi) is 7.84. The van der Waals surface area contributed by atoms with Gasteiger partial charge in [-0.2, -0.15) is 0 Å². The summed E-state index contributed by atoms with van der Waals surface area (Å²) in [6.07, 6.45) is 5.97. The Hall–Kier alpha value is -2.20. The molecule has 4 nitrogen and oxygen atoms in total. The summed E-state index contributed by atoms with van der Waals surface area (Å²) >= 11 is 0. The summed E-state index contributed by atoms with van der Waals surface area (Å²) < 4.78 is 17.5. The quantitative estimate of drug-likeness (QED) is 0.537. The Labute approximate surface area is 162 Å². The highest BCUT2D eigenvalue weighted by molar-refractivity contribution is 5.49. The van der Waals surface area contributed by atoms with Gasteiger partial charge < -0.3 is 19.5 Å². The van der Waals surface area contributed by atoms with Gasteiger partial charge in [0.2, 0.25) is 0 Å². The fraction of sp³-hybridized carbons (Fsp3) is 0.478. The summed E-state index contributed by atoms with van der Waals surface area (Å²) in [5.41, 5.74) is 2.21. The SMILES string of the molecule is CCCCCOc1ccccc1CNc1cccc(OCC2CCCO2)c1. The normalized spacial score (nSPS) is 16.3. The molecule has 0 amide bonds. The van der Waals surface area contributed by atoms with Crippen molar-refractivity contribution in [2.24, 2.45) is 0 Å². The summed E-state index contributed by atoms with van der Waals surface area (Å²) in [5.74, 6) is 1.84. The van der Waals surface area contributed by atoms with E-state index in [0.29, 0.717) is 6.61 Å². The van der Waals surface area contributed by atoms with Gasteiger partial charge in [-0.05, 0) is 37.5 Å². The van der Waals surface area contributed by atoms with E-state index in [2.05, 4.69) is 30.4 Å². The van der Waals surface area contributed by atoms with Crippen molar-refractivity contribution in [1.29, 1.82) is 0 Å². The average Bonchev–Trinajstić information content (AvgIpc) is 3.23. The zero-order chi connectivity index (χ0) is 18.7. The Morgan fingerprint density at radius 3 is 2.85 bits per heavy atom. The zero-order valence-corrected chi connectivity index (χ0v) is 16.3. The highest BCUT2D eigenvalue weighted by Gasteiger charge is 2.16. The maximum Gasteiger partial charge on any atom is 0.124 e. The summed E-state index contributed by atoms with van der Waals surface area (Å²) in [6.45, 7) is 5.18. The zero-order valence-electron chi connectivity index (χ0n) is 16.3. The van der Waals surface area contributed by atoms with Crippen LogP contribution >= 0.6 is 0 Å². The molecule has 1 fully saturated rings. The molecule has 1 unspecified atom stereocenters. The molecule has 2 aromatic carbocycles. The third-order valence-corrected chi connectivity index (χ3v) is 4.75. The monoisotopic (exact) mass is 369 g/mol. The number of hydrogen-bond acceptors (Lipinski definition) is 4. The molecule has 1 heterocycles. The highest BCUT2D eigenvalue weighted by atomic mass is 16.5. The first kappa shape index (κ1) is 19.6. The van der Waals surface area contributed by atoms with Crippen LogP contribution in [0.25, 0.3) is 0 Å². The molecular formula is C23H31NO3. The third kappa shape index (κ3) is 6.47. The van der Waals surface area contributed by atoms with Crippen LogP contribution in [-0.4, -0.2) is 25.9 Å². The first-order valence-corrected chi connectivity index (χ1v) is 10.1. The Bertz CT molecular complexity index is 683. The van der Waals surface area contributed by atoms with Gasteiger partial charge in [0.1, 0.15) is 18.1 Å². The summed E-state index contributed by atoms with van der Waals surface area (Å²) in [6, 6.07) is 16.3. The Morgan fingerprint density at radius 1 is 1.07 bits per heavy atom. The molecule has 1 N–H and O–H groups in total. The van der Waals surface area contributed by atoms with E-state index in [1.165, 1.54) is 18.4 Å². The summed E-state index contributed by atoms with van der Waals surface area (Å²) in [7, 11) is 0. The van der Waals surface area contributed by atoms with Crippen LogP contribution in [0.4, 0.5) is 5.69 Å². The summed E-state index contributed by atoms with van der Waals surface area (Å²) in [5, 5.41) is 3.48. The van der Waals surface area contributed by atoms with Crippen molar-refractivity contribution in [3.63, 3.8) is 0 Å². The number of nitrogens with one attached hydrogen (secondary N) is 1. The van der Waals surface area contributed by atoms with Gasteiger partial charge in [0.15, 0.2) is 0 Å². The Balaban J connectivity index is 1.51. The van der Waals surface area contributed by atoms with E-state index < -0.39 is 0 Å². The molecule has 1 aliphatic heterocycles. The lowest BCUT2D eigenvalue weighted by atomic mass is 10.2. The van der Waals surface area contributed by atoms with E-state index in [4.69, 9.17) is 14.2 Å². The van der Waals surface area contributed by atoms with Crippen molar-refractivity contribution < 1.29 is 14.2 Å². The maximum atomic E-state index is 5.97. The van der Waals surface area contributed by atoms with Crippen molar-refractivity contribution in [1.82, 2.24) is 0 Å². The first-order chi connectivity index (χ1) is 13.3. The molecule has 0 bridgehead atoms. The third-order valence-electron chi connectivity index (χ3n) is 4.75. The molecule has 2 aromatic rings. The minimum atomic E-state index is 0.235. The molecule has 0 aliphatic carbocycles. The molecule has 1 saturated heterocycles. The van der Waals surface area contributed by atoms with Gasteiger partial charge in [0.05, 0.1) is 12.7 Å². The van der Waals surface area contributed by atoms with Crippen molar-refractivity contribution >= 4 is 5.69 Å². The number of para-hydroxylation sites is 1. The van der Waals surface area contributed by atoms with Crippen molar-refractivity contribution in [3.8, 4) is 11.5 Å². The van der Waals surface area contributed by atoms with Gasteiger partial charge >= 0.3 is 0 Å². The van der Waals surface area contributed by atoms with Crippen LogP contribution in [0.5, 0.6) is 11.5 Å². The van der Waals surface area contributed by atoms with Crippen LogP contribution in [0.2, 0.25) is 0 Å². The maximum absolute atomic E-state index is 5.97. The predicted molar refractivity (Wildman–Crippen MR) is 110 cm³/mol. The second kappa shape index (κ2) is 10.8. The van der Waals surface area contributed by atoms with Crippen LogP contribution in [0, 0.1) is 0 Å². The van der Waals surface area contributed by atoms with E-state index in [0.717, 1.165) is 56.2 Å². The lowest BCUT2D eigenvalue weighted by molar-refractivity contribution is 0.0680. The van der Waals surface area contributed by atoms with Crippen molar-refractivity contribution in [3.05, 3.63) is 54.1 Å². The predicted octanol–water partition coefficient (Wildman–Crippen LogP) is 5.43. The van der Waals surface area contributed by atoms with Gasteiger partial charge in [0, 0.05) is 30.5 Å². The summed E-state index contributed by atoms with van der Waals surface area (Å²) in [4.78, 5) is 0. The molecule has 0 saturated carbocycles. The minimum absolute atomic E-state index is 0.235. The molecule has 3 rings (SSSR count). The molecule has 1 atom stereocenters. The number of unbranched alkanes of at least 4 members (excludes halogenated alkanes) is 2. The standard InChI is InChI=1S/C23H31NO3/c1-2-3-6-14-26-23-13-5-4-9-19(23)17-24-20-10-7-11-21(16-20)27-18-22-12-8-15-25-22/h4-5,7,9-11,13,16,22,24H,2-3,6,8,12,14-15,17-18H2,1H3. The Morgan fingerprint density at radius 2 is 2.00 bits per heavy atom. The van der Waals surface area contributed by atoms with Crippen LogP contribution in [-0.2, 0) is 11.3 Å². The number of rotatable bonds is 11. The number of benzene rings is 2. The smallest absolute Gasteiger partial charge is 0.124 e. The molecule has 146 valence electrons. The van der Waals surface area contributed by atoms with Gasteiger partial charge in [-0.3, -0.25) is 0 Å². The van der Waals surface area contributed by atoms with Gasteiger partial charge in [-0.15, -0.1) is 0 Å². The highest BCUT2D eigenvalue weighted by Crippen LogP contribution is 2.23. The lowest BCUT2D eigenvalue weighted by Gasteiger charge is -2.14. The van der Waals surface area contributed by atoms with Gasteiger partial charge in [-0.1, -0.05) is 44.0 Å². The number of ether oxygens (including phenoxy) is 3. The van der Waals surface area contributed by atoms with Gasteiger partial charge in [0.25, 0.3) is 0 Å². The van der Waals surface area contributed by atoms with E-state index in [1.54, 1.807) is 0 Å². The molecule has 4 heteroatoms. The molecule has 0 spiro atoms. The molecule has 1 aliphatic rings. The molecule has 27 heavy (non-hydrogen) atoms. The van der Waals surface area contributed by atoms with Crippen LogP contribution < -0.4 is 14.8 Å². The van der Waals surface area contributed by atoms with Crippen molar-refractivity contribution in [2.45, 2.75) is 51.7 Å². The fourth-order valence-electron chi connectivity index (χ4n) is 3.18. The van der Waals surface area contributed by atoms with Crippen molar-refractivity contribution in [2.75, 3.05) is 25.1 Å². The molecule has 0 radical (unpaired) electrons. The van der Waals surface area contributed by atoms with Crippen LogP contribution in [0.1, 0.15) is 44.6 Å². The topological polar surface area (TPSA) is 39.7 Å². The lowest BCUT2D eigenvalue weighted by Crippen LogP contribution is -2.16. The minimum Gasteiger partial charge on any atom is -0.493 e. The number of anilines is 1. The number of hydrogen-bond donors (Lipinski definition) is 1. The fourth-order valence-corrected chi connectivity index (χ4v) is 3.18. The molecule has 0 aromatic heterocycles. The van der Waals surface area contributed by atoms with Crippen LogP contribution in [0.15, 0.2) is 48.5 Å². The van der Waals surface area contributed by atoms with Crippen LogP contribution in [0.3, 0.4) is 0 Å². The van der Waals surface area contributed by atoms with E-state index in [-0.39, 0.29) is 6.10 Å². The second-order valence-electron chi connectivity index (χ2n) is 6.99. The largest absolute Gasteiger partial charge is 0.493 e. The average molecular weight is 370 g/mol. The van der Waals surface area contributed by atoms with Gasteiger partial charge in [-0.25, -0.2) is 0 Å². The second-order valence-corrected chi connectivity index (χ2v) is 6.99.